The van der Waals surface area contributed by atoms with Crippen molar-refractivity contribution in [2.24, 2.45) is 29.1 Å². The minimum atomic E-state index is -1.24. The number of anilines is 1. The molecule has 7 nitrogen and oxygen atoms in total. The molecular weight excluding hydrogens is 559 g/mol. The van der Waals surface area contributed by atoms with Crippen molar-refractivity contribution in [2.45, 2.75) is 65.8 Å². The second-order valence-corrected chi connectivity index (χ2v) is 13.9. The van der Waals surface area contributed by atoms with Gasteiger partial charge in [-0.25, -0.2) is 9.29 Å². The number of allylic oxidation sites excluding steroid dienone is 2. The molecule has 0 unspecified atom stereocenters. The second-order valence-electron chi connectivity index (χ2n) is 13.4. The normalized spacial score (nSPS) is 30.9. The van der Waals surface area contributed by atoms with Crippen LogP contribution in [0.3, 0.4) is 0 Å². The molecule has 0 radical (unpaired) electrons. The summed E-state index contributed by atoms with van der Waals surface area (Å²) in [5, 5.41) is 10.4. The van der Waals surface area contributed by atoms with Crippen LogP contribution < -0.4 is 4.90 Å². The monoisotopic (exact) mass is 592 g/mol. The number of fused-ring (bicyclic) bond motifs is 4. The van der Waals surface area contributed by atoms with E-state index in [4.69, 9.17) is 11.6 Å². The Morgan fingerprint density at radius 1 is 0.976 bits per heavy atom. The number of phenols is 1. The van der Waals surface area contributed by atoms with Crippen molar-refractivity contribution >= 4 is 40.9 Å². The molecule has 1 saturated carbocycles. The molecule has 42 heavy (non-hydrogen) atoms. The van der Waals surface area contributed by atoms with Crippen LogP contribution in [0.1, 0.15) is 63.1 Å². The maximum absolute atomic E-state index is 14.5. The largest absolute Gasteiger partial charge is 0.507 e. The van der Waals surface area contributed by atoms with Gasteiger partial charge in [0.15, 0.2) is 0 Å². The second kappa shape index (κ2) is 9.24. The van der Waals surface area contributed by atoms with Crippen LogP contribution >= 0.6 is 11.6 Å². The number of carbonyl (C=O) groups excluding carboxylic acids is 4. The number of hydrogen-bond donors (Lipinski definition) is 1. The first-order valence-corrected chi connectivity index (χ1v) is 14.7. The number of hydrogen-bond acceptors (Lipinski definition) is 5. The maximum Gasteiger partial charge on any atom is 0.241 e. The van der Waals surface area contributed by atoms with E-state index in [1.165, 1.54) is 17.0 Å². The highest BCUT2D eigenvalue weighted by molar-refractivity contribution is 6.31. The number of benzene rings is 2. The van der Waals surface area contributed by atoms with E-state index < -0.39 is 58.2 Å². The Bertz CT molecular complexity index is 1600. The third kappa shape index (κ3) is 3.76. The molecule has 2 saturated heterocycles. The smallest absolute Gasteiger partial charge is 0.241 e. The summed E-state index contributed by atoms with van der Waals surface area (Å²) >= 11 is 6.06. The summed E-state index contributed by atoms with van der Waals surface area (Å²) in [6.45, 7) is 10.9. The number of carbonyl (C=O) groups is 4. The molecule has 0 aromatic heterocycles. The molecule has 4 aliphatic rings. The molecule has 220 valence electrons. The fraction of sp³-hybridized carbons (Fsp3) is 0.455. The van der Waals surface area contributed by atoms with E-state index in [0.717, 1.165) is 22.1 Å². The molecular formula is C33H34ClFN2O5. The van der Waals surface area contributed by atoms with Crippen molar-refractivity contribution < 1.29 is 28.7 Å². The Hall–Kier alpha value is -3.52. The predicted octanol–water partition coefficient (Wildman–Crippen LogP) is 5.83. The number of likely N-dealkylation sites (tertiary alicyclic amines) is 1. The molecule has 3 fully saturated rings. The molecule has 2 aromatic rings. The Morgan fingerprint density at radius 2 is 1.62 bits per heavy atom. The average Bonchev–Trinajstić information content (AvgIpc) is 3.28. The highest BCUT2D eigenvalue weighted by Crippen LogP contribution is 2.64. The van der Waals surface area contributed by atoms with Gasteiger partial charge in [-0.15, -0.1) is 0 Å². The Balaban J connectivity index is 1.54. The third-order valence-electron chi connectivity index (χ3n) is 9.95. The van der Waals surface area contributed by atoms with Gasteiger partial charge in [-0.05, 0) is 95.2 Å². The molecule has 2 aliphatic carbocycles. The van der Waals surface area contributed by atoms with Crippen LogP contribution in [0.25, 0.3) is 0 Å². The molecule has 6 atom stereocenters. The zero-order valence-corrected chi connectivity index (χ0v) is 25.3. The highest BCUT2D eigenvalue weighted by Gasteiger charge is 2.68. The lowest BCUT2D eigenvalue weighted by atomic mass is 9.51. The molecule has 2 aromatic carbocycles. The Morgan fingerprint density at radius 3 is 2.21 bits per heavy atom. The third-order valence-corrected chi connectivity index (χ3v) is 10.2. The first-order valence-electron chi connectivity index (χ1n) is 14.3. The summed E-state index contributed by atoms with van der Waals surface area (Å²) in [5.74, 6) is -4.82. The van der Waals surface area contributed by atoms with Crippen molar-refractivity contribution in [3.63, 3.8) is 0 Å². The van der Waals surface area contributed by atoms with Gasteiger partial charge in [-0.3, -0.25) is 24.1 Å². The number of imide groups is 2. The lowest BCUT2D eigenvalue weighted by Gasteiger charge is -2.49. The predicted molar refractivity (Wildman–Crippen MR) is 155 cm³/mol. The van der Waals surface area contributed by atoms with Gasteiger partial charge in [0.1, 0.15) is 11.6 Å². The van der Waals surface area contributed by atoms with Crippen molar-refractivity contribution in [3.8, 4) is 5.75 Å². The number of aromatic hydroxyl groups is 1. The van der Waals surface area contributed by atoms with Gasteiger partial charge in [0.25, 0.3) is 0 Å². The van der Waals surface area contributed by atoms with Crippen molar-refractivity contribution in [3.05, 3.63) is 69.5 Å². The van der Waals surface area contributed by atoms with Crippen LogP contribution in [0, 0.1) is 48.8 Å². The van der Waals surface area contributed by atoms with Gasteiger partial charge in [-0.2, -0.15) is 0 Å². The van der Waals surface area contributed by atoms with Crippen LogP contribution in [0.4, 0.5) is 10.1 Å². The fourth-order valence-electron chi connectivity index (χ4n) is 8.08. The topological polar surface area (TPSA) is 95.0 Å². The first kappa shape index (κ1) is 28.6. The van der Waals surface area contributed by atoms with Crippen molar-refractivity contribution in [2.75, 3.05) is 4.90 Å². The van der Waals surface area contributed by atoms with E-state index in [2.05, 4.69) is 0 Å². The molecule has 9 heteroatoms. The minimum absolute atomic E-state index is 0.152. The van der Waals surface area contributed by atoms with Gasteiger partial charge >= 0.3 is 0 Å². The number of halogens is 2. The van der Waals surface area contributed by atoms with Gasteiger partial charge in [0.2, 0.25) is 23.6 Å². The van der Waals surface area contributed by atoms with Gasteiger partial charge in [-0.1, -0.05) is 35.4 Å². The first-order chi connectivity index (χ1) is 19.6. The molecule has 4 amide bonds. The fourth-order valence-corrected chi connectivity index (χ4v) is 8.26. The highest BCUT2D eigenvalue weighted by atomic mass is 35.5. The van der Waals surface area contributed by atoms with E-state index in [0.29, 0.717) is 17.5 Å². The maximum atomic E-state index is 14.5. The number of phenolic OH excluding ortho intramolecular Hbond substituents is 1. The lowest BCUT2D eigenvalue weighted by molar-refractivity contribution is -0.145. The van der Waals surface area contributed by atoms with E-state index in [1.54, 1.807) is 20.8 Å². The van der Waals surface area contributed by atoms with E-state index in [9.17, 15) is 28.7 Å². The van der Waals surface area contributed by atoms with Gasteiger partial charge in [0.05, 0.1) is 33.9 Å². The Kier molecular flexibility index (Phi) is 6.29. The molecule has 6 rings (SSSR count). The summed E-state index contributed by atoms with van der Waals surface area (Å²) in [7, 11) is 0. The van der Waals surface area contributed by atoms with Crippen molar-refractivity contribution in [1.29, 1.82) is 0 Å². The quantitative estimate of drug-likeness (QED) is 0.350. The van der Waals surface area contributed by atoms with Crippen LogP contribution in [0.5, 0.6) is 5.75 Å². The van der Waals surface area contributed by atoms with E-state index in [-0.39, 0.29) is 34.7 Å². The number of rotatable bonds is 2. The zero-order chi connectivity index (χ0) is 30.6. The number of nitrogens with zero attached hydrogens (tertiary/aromatic N) is 2. The van der Waals surface area contributed by atoms with Crippen LogP contribution in [-0.2, 0) is 19.2 Å². The average molecular weight is 593 g/mol. The summed E-state index contributed by atoms with van der Waals surface area (Å²) in [5.41, 5.74) is 1.14. The SMILES string of the molecule is Cc1cc([C@H]2C3=CC[C@@H]4C(=O)N(C(C)(C)C)C(=O)[C@@H]4[C@@H]3C[C@H]3C(=O)N(c4ccc(F)c(Cl)c4)C(=O)[C@@]23C)cc(C)c1O. The molecule has 2 heterocycles. The number of amides is 4. The summed E-state index contributed by atoms with van der Waals surface area (Å²) in [6.07, 6.45) is 2.59. The van der Waals surface area contributed by atoms with E-state index in [1.807, 2.05) is 39.0 Å². The van der Waals surface area contributed by atoms with Crippen LogP contribution in [-0.4, -0.2) is 39.2 Å². The summed E-state index contributed by atoms with van der Waals surface area (Å²) in [4.78, 5) is 58.6. The molecule has 0 bridgehead atoms. The van der Waals surface area contributed by atoms with Gasteiger partial charge in [0, 0.05) is 11.5 Å². The summed E-state index contributed by atoms with van der Waals surface area (Å²) in [6, 6.07) is 7.44. The summed E-state index contributed by atoms with van der Waals surface area (Å²) < 4.78 is 14.0. The molecule has 1 N–H and O–H groups in total. The lowest BCUT2D eigenvalue weighted by Crippen LogP contribution is -2.49. The zero-order valence-electron chi connectivity index (χ0n) is 24.5. The Labute approximate surface area is 249 Å². The molecule has 0 spiro atoms. The van der Waals surface area contributed by atoms with Crippen LogP contribution in [0.2, 0.25) is 5.02 Å². The van der Waals surface area contributed by atoms with Crippen LogP contribution in [0.15, 0.2) is 42.0 Å². The minimum Gasteiger partial charge on any atom is -0.507 e. The number of aryl methyl sites for hydroxylation is 2. The van der Waals surface area contributed by atoms with E-state index >= 15 is 0 Å². The van der Waals surface area contributed by atoms with Gasteiger partial charge < -0.3 is 5.11 Å². The molecule has 2 aliphatic heterocycles. The van der Waals surface area contributed by atoms with Crippen molar-refractivity contribution in [1.82, 2.24) is 4.90 Å². The standard InChI is InChI=1S/C33H34ClFN2O5/c1-15-11-17(12-16(2)27(15)38)26-19-8-9-20-25(30(41)37(28(20)39)32(3,4)5)21(19)14-22-29(40)36(31(42)33(22,26)6)18-7-10-24(35)23(34)13-18/h7-8,10-13,20-22,25-26,38H,9,14H2,1-6H3/t20-,21+,22-,25-,26-,33+/m0/s1.